The summed E-state index contributed by atoms with van der Waals surface area (Å²) >= 11 is 0. The van der Waals surface area contributed by atoms with Crippen LogP contribution in [0.4, 0.5) is 0 Å². The molecule has 2 unspecified atom stereocenters. The Labute approximate surface area is 118 Å². The topological polar surface area (TPSA) is 15.3 Å². The molecule has 0 aliphatic carbocycles. The number of hydrogen-bond acceptors (Lipinski definition) is 2. The standard InChI is InChI=1S/C17H28N2/c1-4-18-11-16-5-7-17(8-6-16)13-19-10-9-14(2)15(3)12-19/h5-8,14-15,18H,4,9-13H2,1-3H3. The SMILES string of the molecule is CCNCc1ccc(CN2CCC(C)C(C)C2)cc1. The Hall–Kier alpha value is -0.860. The second kappa shape index (κ2) is 7.06. The van der Waals surface area contributed by atoms with Crippen molar-refractivity contribution in [1.82, 2.24) is 10.2 Å². The van der Waals surface area contributed by atoms with Crippen LogP contribution in [0, 0.1) is 11.8 Å². The highest BCUT2D eigenvalue weighted by atomic mass is 15.1. The summed E-state index contributed by atoms with van der Waals surface area (Å²) in [5.74, 6) is 1.72. The third-order valence-corrected chi connectivity index (χ3v) is 4.43. The molecule has 1 heterocycles. The second-order valence-corrected chi connectivity index (χ2v) is 6.08. The molecule has 1 N–H and O–H groups in total. The lowest BCUT2D eigenvalue weighted by molar-refractivity contribution is 0.132. The Kier molecular flexibility index (Phi) is 5.41. The molecule has 2 atom stereocenters. The van der Waals surface area contributed by atoms with Gasteiger partial charge in [-0.3, -0.25) is 4.90 Å². The van der Waals surface area contributed by atoms with Gasteiger partial charge >= 0.3 is 0 Å². The minimum absolute atomic E-state index is 0.835. The van der Waals surface area contributed by atoms with E-state index in [0.717, 1.165) is 31.5 Å². The van der Waals surface area contributed by atoms with E-state index in [0.29, 0.717) is 0 Å². The largest absolute Gasteiger partial charge is 0.313 e. The molecule has 0 aromatic heterocycles. The van der Waals surface area contributed by atoms with Gasteiger partial charge in [-0.25, -0.2) is 0 Å². The Balaban J connectivity index is 1.85. The molecule has 1 fully saturated rings. The zero-order valence-electron chi connectivity index (χ0n) is 12.7. The predicted octanol–water partition coefficient (Wildman–Crippen LogP) is 3.27. The number of benzene rings is 1. The quantitative estimate of drug-likeness (QED) is 0.874. The number of hydrogen-bond donors (Lipinski definition) is 1. The number of nitrogens with one attached hydrogen (secondary N) is 1. The number of rotatable bonds is 5. The van der Waals surface area contributed by atoms with Gasteiger partial charge in [-0.2, -0.15) is 0 Å². The van der Waals surface area contributed by atoms with Crippen molar-refractivity contribution in [2.45, 2.75) is 40.3 Å². The highest BCUT2D eigenvalue weighted by Crippen LogP contribution is 2.23. The minimum Gasteiger partial charge on any atom is -0.313 e. The van der Waals surface area contributed by atoms with E-state index < -0.39 is 0 Å². The van der Waals surface area contributed by atoms with E-state index in [9.17, 15) is 0 Å². The van der Waals surface area contributed by atoms with Crippen LogP contribution in [0.1, 0.15) is 38.3 Å². The lowest BCUT2D eigenvalue weighted by Crippen LogP contribution is -2.37. The van der Waals surface area contributed by atoms with Gasteiger partial charge in [0.15, 0.2) is 0 Å². The van der Waals surface area contributed by atoms with E-state index in [1.54, 1.807) is 0 Å². The van der Waals surface area contributed by atoms with Crippen molar-refractivity contribution in [1.29, 1.82) is 0 Å². The first kappa shape index (κ1) is 14.5. The van der Waals surface area contributed by atoms with Crippen molar-refractivity contribution >= 4 is 0 Å². The fraction of sp³-hybridized carbons (Fsp3) is 0.647. The van der Waals surface area contributed by atoms with Crippen molar-refractivity contribution < 1.29 is 0 Å². The highest BCUT2D eigenvalue weighted by Gasteiger charge is 2.22. The van der Waals surface area contributed by atoms with Crippen LogP contribution in [-0.4, -0.2) is 24.5 Å². The van der Waals surface area contributed by atoms with Crippen LogP contribution >= 0.6 is 0 Å². The van der Waals surface area contributed by atoms with E-state index in [1.807, 2.05) is 0 Å². The number of piperidine rings is 1. The molecular weight excluding hydrogens is 232 g/mol. The summed E-state index contributed by atoms with van der Waals surface area (Å²) in [7, 11) is 0. The number of likely N-dealkylation sites (tertiary alicyclic amines) is 1. The van der Waals surface area contributed by atoms with E-state index in [4.69, 9.17) is 0 Å². The fourth-order valence-corrected chi connectivity index (χ4v) is 2.78. The van der Waals surface area contributed by atoms with E-state index >= 15 is 0 Å². The molecule has 2 rings (SSSR count). The van der Waals surface area contributed by atoms with E-state index in [-0.39, 0.29) is 0 Å². The molecule has 19 heavy (non-hydrogen) atoms. The molecule has 0 radical (unpaired) electrons. The first-order valence-corrected chi connectivity index (χ1v) is 7.70. The van der Waals surface area contributed by atoms with Crippen molar-refractivity contribution in [3.05, 3.63) is 35.4 Å². The molecule has 0 saturated carbocycles. The van der Waals surface area contributed by atoms with Gasteiger partial charge in [0.2, 0.25) is 0 Å². The first-order chi connectivity index (χ1) is 9.19. The highest BCUT2D eigenvalue weighted by molar-refractivity contribution is 5.22. The van der Waals surface area contributed by atoms with Crippen LogP contribution in [0.3, 0.4) is 0 Å². The maximum absolute atomic E-state index is 3.37. The second-order valence-electron chi connectivity index (χ2n) is 6.08. The summed E-state index contributed by atoms with van der Waals surface area (Å²) in [6, 6.07) is 9.09. The van der Waals surface area contributed by atoms with Crippen molar-refractivity contribution in [2.75, 3.05) is 19.6 Å². The van der Waals surface area contributed by atoms with Gasteiger partial charge in [0.25, 0.3) is 0 Å². The van der Waals surface area contributed by atoms with Crippen molar-refractivity contribution in [2.24, 2.45) is 11.8 Å². The third-order valence-electron chi connectivity index (χ3n) is 4.43. The van der Waals surface area contributed by atoms with Gasteiger partial charge < -0.3 is 5.32 Å². The predicted molar refractivity (Wildman–Crippen MR) is 82.0 cm³/mol. The fourth-order valence-electron chi connectivity index (χ4n) is 2.78. The molecule has 0 bridgehead atoms. The van der Waals surface area contributed by atoms with Crippen molar-refractivity contribution in [3.63, 3.8) is 0 Å². The third kappa shape index (κ3) is 4.32. The van der Waals surface area contributed by atoms with Crippen LogP contribution in [0.2, 0.25) is 0 Å². The maximum Gasteiger partial charge on any atom is 0.0233 e. The summed E-state index contributed by atoms with van der Waals surface area (Å²) in [6.07, 6.45) is 1.35. The normalized spacial score (nSPS) is 24.6. The Morgan fingerprint density at radius 1 is 1.11 bits per heavy atom. The molecular formula is C17H28N2. The lowest BCUT2D eigenvalue weighted by atomic mass is 9.88. The summed E-state index contributed by atoms with van der Waals surface area (Å²) in [5.41, 5.74) is 2.83. The van der Waals surface area contributed by atoms with Crippen LogP contribution < -0.4 is 5.32 Å². The molecule has 2 nitrogen and oxygen atoms in total. The summed E-state index contributed by atoms with van der Waals surface area (Å²) in [6.45, 7) is 12.5. The molecule has 2 heteroatoms. The Morgan fingerprint density at radius 2 is 1.79 bits per heavy atom. The van der Waals surface area contributed by atoms with Crippen LogP contribution in [-0.2, 0) is 13.1 Å². The number of nitrogens with zero attached hydrogens (tertiary/aromatic N) is 1. The zero-order valence-corrected chi connectivity index (χ0v) is 12.7. The van der Waals surface area contributed by atoms with Crippen LogP contribution in [0.15, 0.2) is 24.3 Å². The van der Waals surface area contributed by atoms with Gasteiger partial charge in [0, 0.05) is 19.6 Å². The van der Waals surface area contributed by atoms with Crippen LogP contribution in [0.25, 0.3) is 0 Å². The summed E-state index contributed by atoms with van der Waals surface area (Å²) in [5, 5.41) is 3.37. The summed E-state index contributed by atoms with van der Waals surface area (Å²) in [4.78, 5) is 2.60. The van der Waals surface area contributed by atoms with Gasteiger partial charge in [0.05, 0.1) is 0 Å². The summed E-state index contributed by atoms with van der Waals surface area (Å²) < 4.78 is 0. The van der Waals surface area contributed by atoms with E-state index in [1.165, 1.54) is 30.6 Å². The van der Waals surface area contributed by atoms with Gasteiger partial charge in [0.1, 0.15) is 0 Å². The van der Waals surface area contributed by atoms with Gasteiger partial charge in [-0.1, -0.05) is 45.0 Å². The molecule has 1 aromatic carbocycles. The average Bonchev–Trinajstić information content (AvgIpc) is 2.42. The lowest BCUT2D eigenvalue weighted by Gasteiger charge is -2.35. The smallest absolute Gasteiger partial charge is 0.0233 e. The molecule has 1 aliphatic rings. The molecule has 1 saturated heterocycles. The molecule has 0 spiro atoms. The van der Waals surface area contributed by atoms with Crippen molar-refractivity contribution in [3.8, 4) is 0 Å². The average molecular weight is 260 g/mol. The molecule has 1 aromatic rings. The zero-order chi connectivity index (χ0) is 13.7. The van der Waals surface area contributed by atoms with Gasteiger partial charge in [-0.05, 0) is 42.5 Å². The Bertz CT molecular complexity index is 371. The van der Waals surface area contributed by atoms with Gasteiger partial charge in [-0.15, -0.1) is 0 Å². The minimum atomic E-state index is 0.835. The van der Waals surface area contributed by atoms with Crippen LogP contribution in [0.5, 0.6) is 0 Å². The molecule has 0 amide bonds. The Morgan fingerprint density at radius 3 is 2.42 bits per heavy atom. The first-order valence-electron chi connectivity index (χ1n) is 7.70. The maximum atomic E-state index is 3.37. The van der Waals surface area contributed by atoms with E-state index in [2.05, 4.69) is 55.3 Å². The molecule has 1 aliphatic heterocycles. The monoisotopic (exact) mass is 260 g/mol. The molecule has 106 valence electrons.